The van der Waals surface area contributed by atoms with Crippen LogP contribution in [0.4, 0.5) is 0 Å². The van der Waals surface area contributed by atoms with Gasteiger partial charge in [-0.05, 0) is 44.7 Å². The molecule has 0 radical (unpaired) electrons. The Kier molecular flexibility index (Phi) is 6.27. The van der Waals surface area contributed by atoms with Crippen LogP contribution < -0.4 is 10.1 Å². The molecule has 1 aromatic rings. The Labute approximate surface area is 121 Å². The van der Waals surface area contributed by atoms with E-state index in [9.17, 15) is 0 Å². The number of methoxy groups -OCH3 is 1. The van der Waals surface area contributed by atoms with Gasteiger partial charge in [0.15, 0.2) is 0 Å². The summed E-state index contributed by atoms with van der Waals surface area (Å²) in [6.07, 6.45) is 9.78. The second kappa shape index (κ2) is 8.22. The zero-order valence-electron chi connectivity index (χ0n) is 12.6. The lowest BCUT2D eigenvalue weighted by atomic mass is 9.99. The number of nitrogens with zero attached hydrogens (tertiary/aromatic N) is 1. The fraction of sp³-hybridized carbons (Fsp3) is 0.688. The average Bonchev–Trinajstić information content (AvgIpc) is 3.01. The smallest absolute Gasteiger partial charge is 0.141 e. The Morgan fingerprint density at radius 3 is 3.15 bits per heavy atom. The molecule has 112 valence electrons. The van der Waals surface area contributed by atoms with Crippen LogP contribution in [0.2, 0.25) is 0 Å². The molecule has 2 rings (SSSR count). The van der Waals surface area contributed by atoms with Gasteiger partial charge in [0.25, 0.3) is 0 Å². The van der Waals surface area contributed by atoms with Gasteiger partial charge < -0.3 is 14.8 Å². The summed E-state index contributed by atoms with van der Waals surface area (Å²) in [5.41, 5.74) is 1.20. The van der Waals surface area contributed by atoms with Crippen LogP contribution in [-0.2, 0) is 4.74 Å². The third kappa shape index (κ3) is 4.18. The molecule has 0 bridgehead atoms. The van der Waals surface area contributed by atoms with Crippen LogP contribution in [-0.4, -0.2) is 31.3 Å². The number of aromatic nitrogens is 1. The standard InChI is InChI=1S/C16H26N2O2/c1-3-9-18-15(7-6-13-5-4-11-20-13)14-8-10-17-12-16(14)19-2/h8,10,12-13,15,18H,3-7,9,11H2,1-2H3. The molecule has 4 nitrogen and oxygen atoms in total. The van der Waals surface area contributed by atoms with Crippen molar-refractivity contribution in [2.45, 2.75) is 51.2 Å². The van der Waals surface area contributed by atoms with E-state index in [-0.39, 0.29) is 0 Å². The van der Waals surface area contributed by atoms with Crippen molar-refractivity contribution in [1.82, 2.24) is 10.3 Å². The third-order valence-electron chi connectivity index (χ3n) is 3.85. The predicted octanol–water partition coefficient (Wildman–Crippen LogP) is 3.09. The monoisotopic (exact) mass is 278 g/mol. The van der Waals surface area contributed by atoms with Gasteiger partial charge in [-0.3, -0.25) is 4.98 Å². The van der Waals surface area contributed by atoms with Crippen LogP contribution in [0.25, 0.3) is 0 Å². The second-order valence-corrected chi connectivity index (χ2v) is 5.34. The van der Waals surface area contributed by atoms with Crippen LogP contribution in [0.5, 0.6) is 5.75 Å². The van der Waals surface area contributed by atoms with Crippen LogP contribution in [0.15, 0.2) is 18.5 Å². The lowest BCUT2D eigenvalue weighted by molar-refractivity contribution is 0.0995. The highest BCUT2D eigenvalue weighted by Gasteiger charge is 2.20. The molecule has 0 amide bonds. The van der Waals surface area contributed by atoms with Gasteiger partial charge in [0.1, 0.15) is 5.75 Å². The van der Waals surface area contributed by atoms with Gasteiger partial charge in [0.05, 0.1) is 19.4 Å². The Morgan fingerprint density at radius 2 is 2.45 bits per heavy atom. The fourth-order valence-corrected chi connectivity index (χ4v) is 2.76. The molecule has 1 saturated heterocycles. The Bertz CT molecular complexity index is 392. The zero-order valence-corrected chi connectivity index (χ0v) is 12.6. The maximum Gasteiger partial charge on any atom is 0.141 e. The van der Waals surface area contributed by atoms with E-state index >= 15 is 0 Å². The lowest BCUT2D eigenvalue weighted by Gasteiger charge is -2.22. The van der Waals surface area contributed by atoms with Crippen molar-refractivity contribution in [3.05, 3.63) is 24.0 Å². The molecule has 1 aliphatic rings. The second-order valence-electron chi connectivity index (χ2n) is 5.34. The van der Waals surface area contributed by atoms with E-state index in [4.69, 9.17) is 9.47 Å². The highest BCUT2D eigenvalue weighted by atomic mass is 16.5. The van der Waals surface area contributed by atoms with Gasteiger partial charge in [-0.25, -0.2) is 0 Å². The molecule has 2 unspecified atom stereocenters. The van der Waals surface area contributed by atoms with Gasteiger partial charge >= 0.3 is 0 Å². The summed E-state index contributed by atoms with van der Waals surface area (Å²) >= 11 is 0. The summed E-state index contributed by atoms with van der Waals surface area (Å²) in [7, 11) is 1.71. The first kappa shape index (κ1) is 15.3. The Balaban J connectivity index is 2.01. The summed E-state index contributed by atoms with van der Waals surface area (Å²) in [6, 6.07) is 2.37. The first-order valence-corrected chi connectivity index (χ1v) is 7.68. The van der Waals surface area contributed by atoms with Gasteiger partial charge in [-0.2, -0.15) is 0 Å². The molecule has 0 aliphatic carbocycles. The maximum atomic E-state index is 5.73. The minimum absolute atomic E-state index is 0.317. The number of ether oxygens (including phenoxy) is 2. The van der Waals surface area contributed by atoms with Crippen molar-refractivity contribution >= 4 is 0 Å². The highest BCUT2D eigenvalue weighted by molar-refractivity contribution is 5.32. The quantitative estimate of drug-likeness (QED) is 0.793. The number of rotatable bonds is 8. The first-order chi connectivity index (χ1) is 9.85. The first-order valence-electron chi connectivity index (χ1n) is 7.68. The molecule has 0 spiro atoms. The molecular formula is C16H26N2O2. The third-order valence-corrected chi connectivity index (χ3v) is 3.85. The molecule has 4 heteroatoms. The van der Waals surface area contributed by atoms with E-state index in [2.05, 4.69) is 23.3 Å². The van der Waals surface area contributed by atoms with Crippen LogP contribution in [0.1, 0.15) is 50.6 Å². The van der Waals surface area contributed by atoms with Gasteiger partial charge in [-0.15, -0.1) is 0 Å². The zero-order chi connectivity index (χ0) is 14.2. The SMILES string of the molecule is CCCNC(CCC1CCCO1)c1ccncc1OC. The van der Waals surface area contributed by atoms with Crippen molar-refractivity contribution in [1.29, 1.82) is 0 Å². The van der Waals surface area contributed by atoms with Gasteiger partial charge in [0, 0.05) is 24.4 Å². The minimum atomic E-state index is 0.317. The molecule has 1 fully saturated rings. The van der Waals surface area contributed by atoms with E-state index in [1.165, 1.54) is 18.4 Å². The molecule has 1 N–H and O–H groups in total. The molecule has 2 atom stereocenters. The largest absolute Gasteiger partial charge is 0.495 e. The van der Waals surface area contributed by atoms with E-state index in [1.807, 2.05) is 6.20 Å². The molecule has 0 aromatic carbocycles. The van der Waals surface area contributed by atoms with Gasteiger partial charge in [-0.1, -0.05) is 6.92 Å². The number of nitrogens with one attached hydrogen (secondary N) is 1. The summed E-state index contributed by atoms with van der Waals surface area (Å²) in [5, 5.41) is 3.62. The van der Waals surface area contributed by atoms with Crippen LogP contribution >= 0.6 is 0 Å². The van der Waals surface area contributed by atoms with Crippen molar-refractivity contribution in [3.63, 3.8) is 0 Å². The number of hydrogen-bond donors (Lipinski definition) is 1. The van der Waals surface area contributed by atoms with Crippen molar-refractivity contribution < 1.29 is 9.47 Å². The molecule has 2 heterocycles. The minimum Gasteiger partial charge on any atom is -0.495 e. The van der Waals surface area contributed by atoms with Gasteiger partial charge in [0.2, 0.25) is 0 Å². The fourth-order valence-electron chi connectivity index (χ4n) is 2.76. The maximum absolute atomic E-state index is 5.73. The number of pyridine rings is 1. The van der Waals surface area contributed by atoms with Crippen molar-refractivity contribution in [2.24, 2.45) is 0 Å². The lowest BCUT2D eigenvalue weighted by Crippen LogP contribution is -2.24. The summed E-state index contributed by atoms with van der Waals surface area (Å²) in [4.78, 5) is 4.14. The normalized spacial score (nSPS) is 20.0. The topological polar surface area (TPSA) is 43.4 Å². The number of hydrogen-bond acceptors (Lipinski definition) is 4. The van der Waals surface area contributed by atoms with E-state index in [1.54, 1.807) is 13.3 Å². The summed E-state index contributed by atoms with van der Waals surface area (Å²) < 4.78 is 11.2. The Hall–Kier alpha value is -1.13. The van der Waals surface area contributed by atoms with E-state index in [0.717, 1.165) is 38.2 Å². The summed E-state index contributed by atoms with van der Waals surface area (Å²) in [5.74, 6) is 0.869. The Morgan fingerprint density at radius 1 is 1.55 bits per heavy atom. The molecule has 20 heavy (non-hydrogen) atoms. The molecule has 1 aliphatic heterocycles. The predicted molar refractivity (Wildman–Crippen MR) is 80.0 cm³/mol. The van der Waals surface area contributed by atoms with Crippen molar-refractivity contribution in [2.75, 3.05) is 20.3 Å². The molecule has 0 saturated carbocycles. The average molecular weight is 278 g/mol. The van der Waals surface area contributed by atoms with E-state index in [0.29, 0.717) is 12.1 Å². The summed E-state index contributed by atoms with van der Waals surface area (Å²) in [6.45, 7) is 4.13. The molecular weight excluding hydrogens is 252 g/mol. The molecule has 1 aromatic heterocycles. The van der Waals surface area contributed by atoms with Crippen molar-refractivity contribution in [3.8, 4) is 5.75 Å². The van der Waals surface area contributed by atoms with E-state index < -0.39 is 0 Å². The van der Waals surface area contributed by atoms with Crippen LogP contribution in [0.3, 0.4) is 0 Å². The highest BCUT2D eigenvalue weighted by Crippen LogP contribution is 2.29. The van der Waals surface area contributed by atoms with Crippen LogP contribution in [0, 0.1) is 0 Å².